The minimum Gasteiger partial charge on any atom is -0.481 e. The van der Waals surface area contributed by atoms with E-state index in [0.29, 0.717) is 29.7 Å². The normalized spacial score (nSPS) is 15.7. The zero-order chi connectivity index (χ0) is 19.7. The highest BCUT2D eigenvalue weighted by Gasteiger charge is 2.28. The molecule has 0 atom stereocenters. The van der Waals surface area contributed by atoms with Crippen LogP contribution in [-0.4, -0.2) is 46.5 Å². The van der Waals surface area contributed by atoms with Crippen LogP contribution in [0.1, 0.15) is 24.8 Å². The van der Waals surface area contributed by atoms with Crippen molar-refractivity contribution in [3.05, 3.63) is 54.4 Å². The molecule has 0 unspecified atom stereocenters. The molecular formula is C20H21N3O4S. The monoisotopic (exact) mass is 399 g/mol. The van der Waals surface area contributed by atoms with Crippen LogP contribution in [0.2, 0.25) is 0 Å². The third kappa shape index (κ3) is 3.41. The maximum absolute atomic E-state index is 13.2. The minimum absolute atomic E-state index is 0.138. The number of sulfonamides is 1. The standard InChI is InChI=1S/C20H21N3O4S/c24-20(25)13-16-14-21-23-11-8-15(12-18(16)23)17-6-2-3-7-19(17)28(26,27)22-9-4-1-5-10-22/h2-3,6-8,11-12,14H,1,4-5,9-10,13H2,(H,24,25). The number of aromatic nitrogens is 2. The third-order valence-electron chi connectivity index (χ3n) is 5.07. The Morgan fingerprint density at radius 3 is 2.61 bits per heavy atom. The molecule has 0 spiro atoms. The fourth-order valence-corrected chi connectivity index (χ4v) is 5.40. The number of aliphatic carboxylic acids is 1. The van der Waals surface area contributed by atoms with E-state index in [1.165, 1.54) is 6.20 Å². The van der Waals surface area contributed by atoms with Gasteiger partial charge >= 0.3 is 5.97 Å². The summed E-state index contributed by atoms with van der Waals surface area (Å²) < 4.78 is 29.6. The number of fused-ring (bicyclic) bond motifs is 1. The minimum atomic E-state index is -3.59. The zero-order valence-electron chi connectivity index (χ0n) is 15.3. The number of nitrogens with zero attached hydrogens (tertiary/aromatic N) is 3. The molecule has 0 amide bonds. The summed E-state index contributed by atoms with van der Waals surface area (Å²) in [6.07, 6.45) is 5.92. The van der Waals surface area contributed by atoms with Crippen LogP contribution in [0.3, 0.4) is 0 Å². The lowest BCUT2D eigenvalue weighted by Gasteiger charge is -2.26. The number of hydrogen-bond acceptors (Lipinski definition) is 4. The van der Waals surface area contributed by atoms with E-state index in [1.54, 1.807) is 45.3 Å². The van der Waals surface area contributed by atoms with Crippen molar-refractivity contribution in [2.75, 3.05) is 13.1 Å². The van der Waals surface area contributed by atoms with Crippen LogP contribution >= 0.6 is 0 Å². The van der Waals surface area contributed by atoms with Gasteiger partial charge in [0.1, 0.15) is 0 Å². The molecule has 3 heterocycles. The molecular weight excluding hydrogens is 378 g/mol. The molecule has 2 aromatic heterocycles. The smallest absolute Gasteiger partial charge is 0.307 e. The zero-order valence-corrected chi connectivity index (χ0v) is 16.1. The molecule has 4 rings (SSSR count). The van der Waals surface area contributed by atoms with Gasteiger partial charge in [-0.15, -0.1) is 0 Å². The van der Waals surface area contributed by atoms with E-state index in [2.05, 4.69) is 5.10 Å². The number of pyridine rings is 1. The molecule has 146 valence electrons. The highest BCUT2D eigenvalue weighted by Crippen LogP contribution is 2.31. The molecule has 0 aliphatic carbocycles. The molecule has 7 nitrogen and oxygen atoms in total. The summed E-state index contributed by atoms with van der Waals surface area (Å²) in [5.74, 6) is -0.937. The van der Waals surface area contributed by atoms with Crippen molar-refractivity contribution in [3.63, 3.8) is 0 Å². The Kier molecular flexibility index (Phi) is 4.91. The van der Waals surface area contributed by atoms with Gasteiger partial charge in [-0.2, -0.15) is 9.40 Å². The topological polar surface area (TPSA) is 92.0 Å². The lowest BCUT2D eigenvalue weighted by Crippen LogP contribution is -2.35. The number of rotatable bonds is 5. The van der Waals surface area contributed by atoms with E-state index in [-0.39, 0.29) is 11.3 Å². The quantitative estimate of drug-likeness (QED) is 0.712. The first-order chi connectivity index (χ1) is 13.5. The lowest BCUT2D eigenvalue weighted by atomic mass is 10.1. The molecule has 0 saturated carbocycles. The van der Waals surface area contributed by atoms with Crippen molar-refractivity contribution in [1.29, 1.82) is 0 Å². The van der Waals surface area contributed by atoms with Crippen molar-refractivity contribution >= 4 is 21.5 Å². The highest BCUT2D eigenvalue weighted by molar-refractivity contribution is 7.89. The summed E-state index contributed by atoms with van der Waals surface area (Å²) in [6.45, 7) is 1.09. The van der Waals surface area contributed by atoms with Crippen LogP contribution in [0.5, 0.6) is 0 Å². The summed E-state index contributed by atoms with van der Waals surface area (Å²) in [4.78, 5) is 11.4. The summed E-state index contributed by atoms with van der Waals surface area (Å²) in [5.41, 5.74) is 2.57. The molecule has 1 aliphatic rings. The number of piperidine rings is 1. The molecule has 8 heteroatoms. The number of carboxylic acid groups (broad SMARTS) is 1. The van der Waals surface area contributed by atoms with Crippen LogP contribution in [-0.2, 0) is 21.2 Å². The number of benzene rings is 1. The second-order valence-electron chi connectivity index (χ2n) is 6.95. The molecule has 1 fully saturated rings. The maximum atomic E-state index is 13.2. The predicted molar refractivity (Wildman–Crippen MR) is 105 cm³/mol. The molecule has 1 aromatic carbocycles. The SMILES string of the molecule is O=C(O)Cc1cnn2ccc(-c3ccccc3S(=O)(=O)N3CCCCC3)cc12. The lowest BCUT2D eigenvalue weighted by molar-refractivity contribution is -0.136. The van der Waals surface area contributed by atoms with Gasteiger partial charge in [0.05, 0.1) is 23.0 Å². The Morgan fingerprint density at radius 2 is 1.86 bits per heavy atom. The third-order valence-corrected chi connectivity index (χ3v) is 7.03. The van der Waals surface area contributed by atoms with E-state index >= 15 is 0 Å². The number of carbonyl (C=O) groups is 1. The first-order valence-corrected chi connectivity index (χ1v) is 10.7. The second-order valence-corrected chi connectivity index (χ2v) is 8.85. The Bertz CT molecular complexity index is 1130. The molecule has 1 aliphatic heterocycles. The summed E-state index contributed by atoms with van der Waals surface area (Å²) in [5, 5.41) is 13.3. The highest BCUT2D eigenvalue weighted by atomic mass is 32.2. The number of carboxylic acids is 1. The molecule has 28 heavy (non-hydrogen) atoms. The fraction of sp³-hybridized carbons (Fsp3) is 0.300. The maximum Gasteiger partial charge on any atom is 0.307 e. The van der Waals surface area contributed by atoms with Crippen molar-refractivity contribution in [2.45, 2.75) is 30.6 Å². The van der Waals surface area contributed by atoms with E-state index in [4.69, 9.17) is 5.11 Å². The van der Waals surface area contributed by atoms with Crippen LogP contribution in [0.25, 0.3) is 16.6 Å². The van der Waals surface area contributed by atoms with Crippen LogP contribution < -0.4 is 0 Å². The van der Waals surface area contributed by atoms with Crippen molar-refractivity contribution in [1.82, 2.24) is 13.9 Å². The van der Waals surface area contributed by atoms with E-state index in [9.17, 15) is 13.2 Å². The van der Waals surface area contributed by atoms with Gasteiger partial charge < -0.3 is 5.11 Å². The average Bonchev–Trinajstić information content (AvgIpc) is 3.10. The van der Waals surface area contributed by atoms with Crippen molar-refractivity contribution in [3.8, 4) is 11.1 Å². The Hall–Kier alpha value is -2.71. The molecule has 1 N–H and O–H groups in total. The van der Waals surface area contributed by atoms with E-state index < -0.39 is 16.0 Å². The fourth-order valence-electron chi connectivity index (χ4n) is 3.67. The first-order valence-electron chi connectivity index (χ1n) is 9.24. The Morgan fingerprint density at radius 1 is 1.11 bits per heavy atom. The average molecular weight is 399 g/mol. The summed E-state index contributed by atoms with van der Waals surface area (Å²) in [7, 11) is -3.59. The van der Waals surface area contributed by atoms with Crippen molar-refractivity contribution < 1.29 is 18.3 Å². The van der Waals surface area contributed by atoms with Gasteiger partial charge in [0.2, 0.25) is 10.0 Å². The van der Waals surface area contributed by atoms with Crippen LogP contribution in [0, 0.1) is 0 Å². The Balaban J connectivity index is 1.81. The summed E-state index contributed by atoms with van der Waals surface area (Å²) >= 11 is 0. The van der Waals surface area contributed by atoms with Gasteiger partial charge in [-0.1, -0.05) is 24.6 Å². The van der Waals surface area contributed by atoms with E-state index in [1.807, 2.05) is 6.07 Å². The van der Waals surface area contributed by atoms with Gasteiger partial charge in [0.15, 0.2) is 0 Å². The van der Waals surface area contributed by atoms with Crippen LogP contribution in [0.15, 0.2) is 53.7 Å². The molecule has 1 saturated heterocycles. The largest absolute Gasteiger partial charge is 0.481 e. The predicted octanol–water partition coefficient (Wildman–Crippen LogP) is 2.80. The number of hydrogen-bond donors (Lipinski definition) is 1. The van der Waals surface area contributed by atoms with Gasteiger partial charge in [0.25, 0.3) is 0 Å². The van der Waals surface area contributed by atoms with E-state index in [0.717, 1.165) is 24.8 Å². The molecule has 0 radical (unpaired) electrons. The van der Waals surface area contributed by atoms with Crippen molar-refractivity contribution in [2.24, 2.45) is 0 Å². The van der Waals surface area contributed by atoms with Gasteiger partial charge in [0, 0.05) is 30.4 Å². The van der Waals surface area contributed by atoms with Gasteiger partial charge in [-0.05, 0) is 36.6 Å². The second kappa shape index (κ2) is 7.37. The van der Waals surface area contributed by atoms with Gasteiger partial charge in [-0.3, -0.25) is 4.79 Å². The first kappa shape index (κ1) is 18.6. The van der Waals surface area contributed by atoms with Crippen LogP contribution in [0.4, 0.5) is 0 Å². The molecule has 0 bridgehead atoms. The van der Waals surface area contributed by atoms with Gasteiger partial charge in [-0.25, -0.2) is 12.9 Å². The molecule has 3 aromatic rings. The summed E-state index contributed by atoms with van der Waals surface area (Å²) in [6, 6.07) is 10.6. The Labute approximate surface area is 163 Å².